The first-order valence-electron chi connectivity index (χ1n) is 8.39. The second kappa shape index (κ2) is 7.29. The highest BCUT2D eigenvalue weighted by Gasteiger charge is 2.20. The van der Waals surface area contributed by atoms with Crippen molar-refractivity contribution in [2.45, 2.75) is 6.54 Å². The normalized spacial score (nSPS) is 17.4. The Morgan fingerprint density at radius 2 is 1.96 bits per heavy atom. The average Bonchev–Trinajstić information content (AvgIpc) is 3.31. The summed E-state index contributed by atoms with van der Waals surface area (Å²) in [5, 5.41) is 2.11. The molecule has 6 heteroatoms. The third kappa shape index (κ3) is 3.86. The summed E-state index contributed by atoms with van der Waals surface area (Å²) in [4.78, 5) is 18.1. The molecule has 0 atom stereocenters. The highest BCUT2D eigenvalue weighted by Crippen LogP contribution is 2.32. The van der Waals surface area contributed by atoms with Crippen molar-refractivity contribution in [3.8, 4) is 11.5 Å². The van der Waals surface area contributed by atoms with Crippen molar-refractivity contribution in [2.75, 3.05) is 33.0 Å². The van der Waals surface area contributed by atoms with Crippen LogP contribution in [0.2, 0.25) is 0 Å². The van der Waals surface area contributed by atoms with E-state index in [0.29, 0.717) is 0 Å². The Balaban J connectivity index is 1.30. The number of hydrogen-bond acceptors (Lipinski definition) is 5. The van der Waals surface area contributed by atoms with Gasteiger partial charge in [-0.3, -0.25) is 9.69 Å². The first-order chi connectivity index (χ1) is 12.3. The number of benzene rings is 1. The van der Waals surface area contributed by atoms with E-state index in [9.17, 15) is 4.79 Å². The molecule has 5 nitrogen and oxygen atoms in total. The van der Waals surface area contributed by atoms with E-state index in [4.69, 9.17) is 9.47 Å². The van der Waals surface area contributed by atoms with E-state index >= 15 is 0 Å². The highest BCUT2D eigenvalue weighted by atomic mass is 32.1. The topological polar surface area (TPSA) is 42.0 Å². The lowest BCUT2D eigenvalue weighted by Crippen LogP contribution is -2.47. The predicted molar refractivity (Wildman–Crippen MR) is 97.8 cm³/mol. The predicted octanol–water partition coefficient (Wildman–Crippen LogP) is 2.83. The quantitative estimate of drug-likeness (QED) is 0.790. The summed E-state index contributed by atoms with van der Waals surface area (Å²) in [7, 11) is 0. The number of fused-ring (bicyclic) bond motifs is 1. The van der Waals surface area contributed by atoms with Gasteiger partial charge in [0.05, 0.1) is 0 Å². The average molecular weight is 356 g/mol. The maximum atomic E-state index is 12.4. The van der Waals surface area contributed by atoms with Crippen LogP contribution in [0.4, 0.5) is 0 Å². The van der Waals surface area contributed by atoms with E-state index in [1.54, 1.807) is 17.4 Å². The molecule has 0 N–H and O–H groups in total. The van der Waals surface area contributed by atoms with E-state index in [0.717, 1.165) is 49.8 Å². The number of carbonyl (C=O) groups is 1. The van der Waals surface area contributed by atoms with E-state index in [-0.39, 0.29) is 12.7 Å². The van der Waals surface area contributed by atoms with Crippen LogP contribution in [0.15, 0.2) is 41.8 Å². The van der Waals surface area contributed by atoms with Gasteiger partial charge in [-0.2, -0.15) is 0 Å². The fourth-order valence-electron chi connectivity index (χ4n) is 3.04. The maximum Gasteiger partial charge on any atom is 0.246 e. The number of carbonyl (C=O) groups excluding carboxylic acids is 1. The van der Waals surface area contributed by atoms with Crippen LogP contribution in [-0.4, -0.2) is 48.7 Å². The molecule has 0 aliphatic carbocycles. The van der Waals surface area contributed by atoms with Gasteiger partial charge in [-0.05, 0) is 35.2 Å². The maximum absolute atomic E-state index is 12.4. The Kier molecular flexibility index (Phi) is 4.72. The lowest BCUT2D eigenvalue weighted by Gasteiger charge is -2.33. The van der Waals surface area contributed by atoms with Crippen molar-refractivity contribution in [1.29, 1.82) is 0 Å². The van der Waals surface area contributed by atoms with Crippen LogP contribution >= 0.6 is 11.3 Å². The van der Waals surface area contributed by atoms with E-state index < -0.39 is 0 Å². The Morgan fingerprint density at radius 3 is 2.76 bits per heavy atom. The third-order valence-corrected chi connectivity index (χ3v) is 5.32. The first-order valence-corrected chi connectivity index (χ1v) is 9.27. The van der Waals surface area contributed by atoms with Crippen LogP contribution in [0, 0.1) is 0 Å². The van der Waals surface area contributed by atoms with Crippen molar-refractivity contribution in [1.82, 2.24) is 9.80 Å². The number of piperazine rings is 1. The number of hydrogen-bond donors (Lipinski definition) is 0. The van der Waals surface area contributed by atoms with E-state index in [2.05, 4.69) is 22.4 Å². The number of rotatable bonds is 4. The zero-order chi connectivity index (χ0) is 17.1. The monoisotopic (exact) mass is 356 g/mol. The minimum Gasteiger partial charge on any atom is -0.454 e. The molecule has 25 heavy (non-hydrogen) atoms. The summed E-state index contributed by atoms with van der Waals surface area (Å²) in [5.74, 6) is 1.55. The molecule has 2 aromatic rings. The molecule has 2 aliphatic rings. The molecule has 1 aromatic carbocycles. The second-order valence-electron chi connectivity index (χ2n) is 6.13. The fraction of sp³-hybridized carbons (Fsp3) is 0.316. The number of thiophene rings is 1. The van der Waals surface area contributed by atoms with Gasteiger partial charge >= 0.3 is 0 Å². The molecule has 0 bridgehead atoms. The van der Waals surface area contributed by atoms with Crippen molar-refractivity contribution in [2.24, 2.45) is 0 Å². The van der Waals surface area contributed by atoms with Crippen molar-refractivity contribution in [3.05, 3.63) is 52.2 Å². The minimum atomic E-state index is 0.0634. The molecule has 0 unspecified atom stereocenters. The van der Waals surface area contributed by atoms with Crippen LogP contribution in [0.3, 0.4) is 0 Å². The molecule has 0 spiro atoms. The highest BCUT2D eigenvalue weighted by molar-refractivity contribution is 7.09. The van der Waals surface area contributed by atoms with Crippen molar-refractivity contribution < 1.29 is 14.3 Å². The van der Waals surface area contributed by atoms with Gasteiger partial charge in [0.2, 0.25) is 12.7 Å². The Morgan fingerprint density at radius 1 is 1.12 bits per heavy atom. The van der Waals surface area contributed by atoms with Gasteiger partial charge in [0.15, 0.2) is 11.5 Å². The molecular weight excluding hydrogens is 336 g/mol. The number of amides is 1. The van der Waals surface area contributed by atoms with Crippen LogP contribution in [0.1, 0.15) is 10.4 Å². The Labute approximate surface area is 151 Å². The van der Waals surface area contributed by atoms with Crippen LogP contribution in [0.5, 0.6) is 11.5 Å². The van der Waals surface area contributed by atoms with Gasteiger partial charge in [-0.25, -0.2) is 0 Å². The molecular formula is C19H20N2O3S. The summed E-state index contributed by atoms with van der Waals surface area (Å²) >= 11 is 1.79. The van der Waals surface area contributed by atoms with Gasteiger partial charge < -0.3 is 14.4 Å². The van der Waals surface area contributed by atoms with Gasteiger partial charge in [0.1, 0.15) is 0 Å². The summed E-state index contributed by atoms with van der Waals surface area (Å²) in [6.45, 7) is 4.62. The molecule has 0 saturated carbocycles. The second-order valence-corrected chi connectivity index (χ2v) is 7.16. The standard InChI is InChI=1S/C19H20N2O3S/c22-19(6-4-15-3-5-17-18(12-15)24-14-23-17)21-9-7-20(8-10-21)13-16-2-1-11-25-16/h1-6,11-12H,7-10,13-14H2. The molecule has 1 aromatic heterocycles. The first kappa shape index (κ1) is 16.2. The van der Waals surface area contributed by atoms with Gasteiger partial charge in [-0.15, -0.1) is 11.3 Å². The summed E-state index contributed by atoms with van der Waals surface area (Å²) in [6.07, 6.45) is 3.48. The lowest BCUT2D eigenvalue weighted by atomic mass is 10.2. The van der Waals surface area contributed by atoms with Gasteiger partial charge in [0.25, 0.3) is 0 Å². The molecule has 1 fully saturated rings. The molecule has 2 aliphatic heterocycles. The Hall–Kier alpha value is -2.31. The molecule has 1 saturated heterocycles. The van der Waals surface area contributed by atoms with Crippen LogP contribution < -0.4 is 9.47 Å². The van der Waals surface area contributed by atoms with E-state index in [1.165, 1.54) is 4.88 Å². The Bertz CT molecular complexity index is 765. The lowest BCUT2D eigenvalue weighted by molar-refractivity contribution is -0.127. The smallest absolute Gasteiger partial charge is 0.246 e. The summed E-state index contributed by atoms with van der Waals surface area (Å²) in [6, 6.07) is 9.94. The molecule has 4 rings (SSSR count). The van der Waals surface area contributed by atoms with Crippen molar-refractivity contribution >= 4 is 23.3 Å². The van der Waals surface area contributed by atoms with Crippen LogP contribution in [-0.2, 0) is 11.3 Å². The van der Waals surface area contributed by atoms with Gasteiger partial charge in [0, 0.05) is 43.7 Å². The third-order valence-electron chi connectivity index (χ3n) is 4.46. The van der Waals surface area contributed by atoms with E-state index in [1.807, 2.05) is 29.2 Å². The van der Waals surface area contributed by atoms with Crippen LogP contribution in [0.25, 0.3) is 6.08 Å². The molecule has 0 radical (unpaired) electrons. The number of nitrogens with zero attached hydrogens (tertiary/aromatic N) is 2. The fourth-order valence-corrected chi connectivity index (χ4v) is 3.79. The van der Waals surface area contributed by atoms with Crippen molar-refractivity contribution in [3.63, 3.8) is 0 Å². The molecule has 130 valence electrons. The summed E-state index contributed by atoms with van der Waals surface area (Å²) in [5.41, 5.74) is 0.939. The zero-order valence-corrected chi connectivity index (χ0v) is 14.7. The molecule has 1 amide bonds. The largest absolute Gasteiger partial charge is 0.454 e. The summed E-state index contributed by atoms with van der Waals surface area (Å²) < 4.78 is 10.7. The molecule has 3 heterocycles. The minimum absolute atomic E-state index is 0.0634. The van der Waals surface area contributed by atoms with Gasteiger partial charge in [-0.1, -0.05) is 12.1 Å². The SMILES string of the molecule is O=C(C=Cc1ccc2c(c1)OCO2)N1CCN(Cc2cccs2)CC1. The number of ether oxygens (including phenoxy) is 2. The zero-order valence-electron chi connectivity index (χ0n) is 13.9.